The largest absolute Gasteiger partial charge is 0.444 e. The summed E-state index contributed by atoms with van der Waals surface area (Å²) in [5.41, 5.74) is 5.74. The van der Waals surface area contributed by atoms with E-state index in [0.717, 1.165) is 22.5 Å². The van der Waals surface area contributed by atoms with Gasteiger partial charge < -0.3 is 14.1 Å². The maximum atomic E-state index is 12.8. The number of anilines is 1. The lowest BCUT2D eigenvalue weighted by Gasteiger charge is -2.09. The smallest absolute Gasteiger partial charge is 0.259 e. The topological polar surface area (TPSA) is 72.4 Å². The Hall–Kier alpha value is -3.41. The van der Waals surface area contributed by atoms with Gasteiger partial charge in [-0.3, -0.25) is 4.79 Å². The van der Waals surface area contributed by atoms with Crippen LogP contribution in [0, 0.1) is 20.8 Å². The van der Waals surface area contributed by atoms with Crippen LogP contribution in [0.25, 0.3) is 17.0 Å². The minimum absolute atomic E-state index is 0.197. The summed E-state index contributed by atoms with van der Waals surface area (Å²) >= 11 is 0. The lowest BCUT2D eigenvalue weighted by atomic mass is 10.1. The number of aryl methyl sites for hydroxylation is 3. The van der Waals surface area contributed by atoms with Gasteiger partial charge in [-0.05, 0) is 50.6 Å². The van der Waals surface area contributed by atoms with Crippen LogP contribution in [0.15, 0.2) is 53.5 Å². The molecule has 0 atom stereocenters. The molecule has 0 radical (unpaired) electrons. The second kappa shape index (κ2) is 6.15. The number of hydrogen-bond acceptors (Lipinski definition) is 4. The van der Waals surface area contributed by atoms with Gasteiger partial charge in [-0.25, -0.2) is 9.97 Å². The van der Waals surface area contributed by atoms with E-state index in [-0.39, 0.29) is 5.91 Å². The molecule has 0 saturated carbocycles. The van der Waals surface area contributed by atoms with E-state index in [4.69, 9.17) is 4.42 Å². The Bertz CT molecular complexity index is 1110. The SMILES string of the molecule is Cc1cc(C)n2ccc(C(=O)Nc3ccc(C)c(-c4cnco4)c3)c2n1. The predicted octanol–water partition coefficient (Wildman–Crippen LogP) is 4.17. The Labute approximate surface area is 150 Å². The summed E-state index contributed by atoms with van der Waals surface area (Å²) in [6.45, 7) is 5.90. The first-order valence-electron chi connectivity index (χ1n) is 8.29. The van der Waals surface area contributed by atoms with Gasteiger partial charge in [0.15, 0.2) is 12.2 Å². The van der Waals surface area contributed by atoms with Crippen LogP contribution in [0.1, 0.15) is 27.3 Å². The Morgan fingerprint density at radius 1 is 1.15 bits per heavy atom. The molecule has 1 aromatic carbocycles. The molecule has 0 saturated heterocycles. The van der Waals surface area contributed by atoms with Crippen molar-refractivity contribution >= 4 is 17.2 Å². The van der Waals surface area contributed by atoms with E-state index in [1.807, 2.05) is 55.6 Å². The van der Waals surface area contributed by atoms with Crippen LogP contribution in [-0.4, -0.2) is 20.3 Å². The molecule has 3 heterocycles. The van der Waals surface area contributed by atoms with Crippen molar-refractivity contribution in [2.75, 3.05) is 5.32 Å². The number of fused-ring (bicyclic) bond motifs is 1. The zero-order chi connectivity index (χ0) is 18.3. The fourth-order valence-corrected chi connectivity index (χ4v) is 3.08. The highest BCUT2D eigenvalue weighted by Crippen LogP contribution is 2.26. The van der Waals surface area contributed by atoms with Gasteiger partial charge in [-0.15, -0.1) is 0 Å². The maximum absolute atomic E-state index is 12.8. The third-order valence-electron chi connectivity index (χ3n) is 4.38. The number of carbonyl (C=O) groups excluding carboxylic acids is 1. The summed E-state index contributed by atoms with van der Waals surface area (Å²) in [5.74, 6) is 0.471. The van der Waals surface area contributed by atoms with E-state index in [1.54, 1.807) is 12.3 Å². The second-order valence-corrected chi connectivity index (χ2v) is 6.31. The zero-order valence-corrected chi connectivity index (χ0v) is 14.8. The lowest BCUT2D eigenvalue weighted by molar-refractivity contribution is 0.102. The molecule has 26 heavy (non-hydrogen) atoms. The highest BCUT2D eigenvalue weighted by Gasteiger charge is 2.15. The number of carbonyl (C=O) groups is 1. The van der Waals surface area contributed by atoms with E-state index >= 15 is 0 Å². The van der Waals surface area contributed by atoms with Gasteiger partial charge in [0, 0.05) is 28.8 Å². The van der Waals surface area contributed by atoms with E-state index < -0.39 is 0 Å². The summed E-state index contributed by atoms with van der Waals surface area (Å²) in [6, 6.07) is 9.47. The van der Waals surface area contributed by atoms with Crippen molar-refractivity contribution in [2.45, 2.75) is 20.8 Å². The van der Waals surface area contributed by atoms with Crippen LogP contribution in [-0.2, 0) is 0 Å². The molecular weight excluding hydrogens is 328 g/mol. The number of oxazole rings is 1. The third kappa shape index (κ3) is 2.75. The number of rotatable bonds is 3. The maximum Gasteiger partial charge on any atom is 0.259 e. The molecule has 0 aliphatic heterocycles. The van der Waals surface area contributed by atoms with Gasteiger partial charge in [0.1, 0.15) is 5.65 Å². The molecule has 6 nitrogen and oxygen atoms in total. The number of nitrogens with zero attached hydrogens (tertiary/aromatic N) is 3. The van der Waals surface area contributed by atoms with Crippen LogP contribution in [0.3, 0.4) is 0 Å². The number of aromatic nitrogens is 3. The quantitative estimate of drug-likeness (QED) is 0.604. The van der Waals surface area contributed by atoms with Gasteiger partial charge in [0.2, 0.25) is 0 Å². The van der Waals surface area contributed by atoms with E-state index in [9.17, 15) is 4.79 Å². The van der Waals surface area contributed by atoms with Crippen molar-refractivity contribution < 1.29 is 9.21 Å². The van der Waals surface area contributed by atoms with Crippen molar-refractivity contribution in [1.82, 2.24) is 14.4 Å². The first kappa shape index (κ1) is 16.1. The number of benzene rings is 1. The van der Waals surface area contributed by atoms with E-state index in [0.29, 0.717) is 22.7 Å². The van der Waals surface area contributed by atoms with Crippen LogP contribution >= 0.6 is 0 Å². The average molecular weight is 346 g/mol. The van der Waals surface area contributed by atoms with Crippen LogP contribution in [0.5, 0.6) is 0 Å². The molecule has 0 spiro atoms. The monoisotopic (exact) mass is 346 g/mol. The number of hydrogen-bond donors (Lipinski definition) is 1. The third-order valence-corrected chi connectivity index (χ3v) is 4.38. The molecule has 0 aliphatic carbocycles. The van der Waals surface area contributed by atoms with E-state index in [2.05, 4.69) is 15.3 Å². The molecule has 0 bridgehead atoms. The molecule has 0 fully saturated rings. The van der Waals surface area contributed by atoms with Gasteiger partial charge in [0.25, 0.3) is 5.91 Å². The number of nitrogens with one attached hydrogen (secondary N) is 1. The Kier molecular flexibility index (Phi) is 3.80. The molecule has 0 aliphatic rings. The summed E-state index contributed by atoms with van der Waals surface area (Å²) < 4.78 is 7.29. The minimum Gasteiger partial charge on any atom is -0.444 e. The molecular formula is C20H18N4O2. The second-order valence-electron chi connectivity index (χ2n) is 6.31. The predicted molar refractivity (Wildman–Crippen MR) is 99.3 cm³/mol. The fourth-order valence-electron chi connectivity index (χ4n) is 3.08. The van der Waals surface area contributed by atoms with Crippen LogP contribution < -0.4 is 5.32 Å². The fraction of sp³-hybridized carbons (Fsp3) is 0.150. The Balaban J connectivity index is 1.68. The zero-order valence-electron chi connectivity index (χ0n) is 14.8. The Morgan fingerprint density at radius 3 is 2.77 bits per heavy atom. The lowest BCUT2D eigenvalue weighted by Crippen LogP contribution is -2.12. The highest BCUT2D eigenvalue weighted by atomic mass is 16.3. The van der Waals surface area contributed by atoms with E-state index in [1.165, 1.54) is 6.39 Å². The summed E-state index contributed by atoms with van der Waals surface area (Å²) in [6.07, 6.45) is 4.91. The van der Waals surface area contributed by atoms with Gasteiger partial charge in [-0.2, -0.15) is 0 Å². The minimum atomic E-state index is -0.197. The van der Waals surface area contributed by atoms with Crippen molar-refractivity contribution in [2.24, 2.45) is 0 Å². The van der Waals surface area contributed by atoms with Crippen molar-refractivity contribution in [3.63, 3.8) is 0 Å². The Morgan fingerprint density at radius 2 is 2.00 bits per heavy atom. The van der Waals surface area contributed by atoms with Gasteiger partial charge in [0.05, 0.1) is 11.8 Å². The van der Waals surface area contributed by atoms with Crippen molar-refractivity contribution in [1.29, 1.82) is 0 Å². The normalized spacial score (nSPS) is 11.0. The molecule has 3 aromatic heterocycles. The summed E-state index contributed by atoms with van der Waals surface area (Å²) in [7, 11) is 0. The summed E-state index contributed by atoms with van der Waals surface area (Å²) in [5, 5.41) is 2.95. The molecule has 1 N–H and O–H groups in total. The van der Waals surface area contributed by atoms with Crippen LogP contribution in [0.2, 0.25) is 0 Å². The first-order chi connectivity index (χ1) is 12.5. The highest BCUT2D eigenvalue weighted by molar-refractivity contribution is 6.08. The average Bonchev–Trinajstić information content (AvgIpc) is 3.26. The molecule has 1 amide bonds. The molecule has 130 valence electrons. The van der Waals surface area contributed by atoms with Crippen molar-refractivity contribution in [3.05, 3.63) is 71.6 Å². The molecule has 6 heteroatoms. The number of amides is 1. The standard InChI is InChI=1S/C20H18N4O2/c1-12-4-5-15(9-17(12)18-10-21-11-26-18)23-20(25)16-6-7-24-14(3)8-13(2)22-19(16)24/h4-11H,1-3H3,(H,23,25). The van der Waals surface area contributed by atoms with Crippen molar-refractivity contribution in [3.8, 4) is 11.3 Å². The molecule has 4 rings (SSSR count). The van der Waals surface area contributed by atoms with Gasteiger partial charge in [-0.1, -0.05) is 6.07 Å². The van der Waals surface area contributed by atoms with Crippen LogP contribution in [0.4, 0.5) is 5.69 Å². The molecule has 4 aromatic rings. The van der Waals surface area contributed by atoms with Gasteiger partial charge >= 0.3 is 0 Å². The summed E-state index contributed by atoms with van der Waals surface area (Å²) in [4.78, 5) is 21.3. The molecule has 0 unspecified atom stereocenters. The first-order valence-corrected chi connectivity index (χ1v) is 8.29.